The Labute approximate surface area is 131 Å². The molecule has 0 aliphatic rings. The Balaban J connectivity index is 2.53. The third kappa shape index (κ3) is 3.84. The van der Waals surface area contributed by atoms with Gasteiger partial charge in [0.15, 0.2) is 10.9 Å². The lowest BCUT2D eigenvalue weighted by atomic mass is 10.1. The highest BCUT2D eigenvalue weighted by atomic mass is 32.1. The molecule has 0 radical (unpaired) electrons. The molecule has 120 valence electrons. The Morgan fingerprint density at radius 2 is 2.18 bits per heavy atom. The average Bonchev–Trinajstić information content (AvgIpc) is 2.93. The Hall–Kier alpha value is -1.47. The largest absolute Gasteiger partial charge is 0.462 e. The number of carbonyl (C=O) groups excluding carboxylic acids is 1. The van der Waals surface area contributed by atoms with Gasteiger partial charge in [-0.15, -0.1) is 11.3 Å². The monoisotopic (exact) mass is 344 g/mol. The molecule has 1 amide bonds. The van der Waals surface area contributed by atoms with Gasteiger partial charge in [0.25, 0.3) is 0 Å². The van der Waals surface area contributed by atoms with Crippen LogP contribution in [0.2, 0.25) is 0 Å². The summed E-state index contributed by atoms with van der Waals surface area (Å²) in [6.07, 6.45) is 1.88. The molecule has 2 rings (SSSR count). The van der Waals surface area contributed by atoms with Crippen LogP contribution in [0.5, 0.6) is 0 Å². The van der Waals surface area contributed by atoms with E-state index in [1.165, 1.54) is 30.6 Å². The van der Waals surface area contributed by atoms with Crippen LogP contribution in [0.1, 0.15) is 25.6 Å². The summed E-state index contributed by atoms with van der Waals surface area (Å²) in [7, 11) is -4.46. The van der Waals surface area contributed by atoms with E-state index in [4.69, 9.17) is 4.42 Å². The summed E-state index contributed by atoms with van der Waals surface area (Å²) in [6.45, 7) is 5.42. The lowest BCUT2D eigenvalue weighted by Crippen LogP contribution is -2.06. The smallest absolute Gasteiger partial charge is 0.360 e. The number of nitrogens with one attached hydrogen (secondary N) is 1. The number of aromatic nitrogens is 1. The molecule has 0 fully saturated rings. The molecule has 0 spiro atoms. The van der Waals surface area contributed by atoms with Crippen molar-refractivity contribution in [2.45, 2.75) is 27.2 Å². The van der Waals surface area contributed by atoms with Gasteiger partial charge in [-0.25, -0.2) is 4.98 Å². The third-order valence-corrected chi connectivity index (χ3v) is 4.72. The molecule has 2 aromatic rings. The number of nitrogens with zero attached hydrogens (tertiary/aromatic N) is 1. The Morgan fingerprint density at radius 3 is 2.73 bits per heavy atom. The fourth-order valence-corrected chi connectivity index (χ4v) is 3.85. The maximum Gasteiger partial charge on any atom is 0.360 e. The van der Waals surface area contributed by atoms with Gasteiger partial charge in [0.2, 0.25) is 5.91 Å². The minimum absolute atomic E-state index is 0.0526. The number of rotatable bonds is 5. The van der Waals surface area contributed by atoms with Crippen LogP contribution in [0, 0.1) is 5.92 Å². The predicted octanol–water partition coefficient (Wildman–Crippen LogP) is 2.36. The Morgan fingerprint density at radius 1 is 1.50 bits per heavy atom. The van der Waals surface area contributed by atoms with E-state index in [0.29, 0.717) is 23.2 Å². The lowest BCUT2D eigenvalue weighted by Gasteiger charge is -2.06. The molecule has 7 nitrogen and oxygen atoms in total. The van der Waals surface area contributed by atoms with E-state index in [1.54, 1.807) is 0 Å². The zero-order chi connectivity index (χ0) is 16.5. The molecule has 0 aromatic carbocycles. The normalized spacial score (nSPS) is 11.9. The van der Waals surface area contributed by atoms with Crippen LogP contribution in [0.4, 0.5) is 5.13 Å². The summed E-state index contributed by atoms with van der Waals surface area (Å²) >= 11 is 1.28. The maximum absolute atomic E-state index is 11.5. The zero-order valence-corrected chi connectivity index (χ0v) is 14.1. The molecule has 0 aliphatic heterocycles. The van der Waals surface area contributed by atoms with Crippen molar-refractivity contribution in [2.24, 2.45) is 5.92 Å². The minimum Gasteiger partial charge on any atom is -0.462 e. The van der Waals surface area contributed by atoms with Gasteiger partial charge in [0.1, 0.15) is 11.0 Å². The number of furan rings is 1. The molecule has 0 bridgehead atoms. The second-order valence-electron chi connectivity index (χ2n) is 5.25. The van der Waals surface area contributed by atoms with E-state index in [2.05, 4.69) is 10.3 Å². The number of hydrogen-bond acceptors (Lipinski definition) is 5. The van der Waals surface area contributed by atoms with Crippen LogP contribution >= 0.6 is 18.9 Å². The van der Waals surface area contributed by atoms with Gasteiger partial charge in [-0.3, -0.25) is 9.36 Å². The van der Waals surface area contributed by atoms with Gasteiger partial charge >= 0.3 is 7.60 Å². The fourth-order valence-electron chi connectivity index (χ4n) is 1.95. The number of thiazole rings is 1. The van der Waals surface area contributed by atoms with E-state index in [0.717, 1.165) is 4.88 Å². The molecule has 2 heterocycles. The maximum atomic E-state index is 11.5. The predicted molar refractivity (Wildman–Crippen MR) is 84.3 cm³/mol. The summed E-state index contributed by atoms with van der Waals surface area (Å²) in [5.74, 6) is 0.112. The minimum atomic E-state index is -4.46. The Bertz CT molecular complexity index is 731. The summed E-state index contributed by atoms with van der Waals surface area (Å²) in [5.41, 5.74) is 0.366. The molecule has 2 aromatic heterocycles. The summed E-state index contributed by atoms with van der Waals surface area (Å²) < 4.78 is 16.8. The lowest BCUT2D eigenvalue weighted by molar-refractivity contribution is -0.114. The molecule has 0 atom stereocenters. The van der Waals surface area contributed by atoms with E-state index in [-0.39, 0.29) is 17.0 Å². The van der Waals surface area contributed by atoms with Gasteiger partial charge in [0.05, 0.1) is 6.26 Å². The van der Waals surface area contributed by atoms with E-state index in [9.17, 15) is 19.1 Å². The number of amides is 1. The van der Waals surface area contributed by atoms with E-state index in [1.807, 2.05) is 13.8 Å². The van der Waals surface area contributed by atoms with Crippen molar-refractivity contribution in [1.82, 2.24) is 4.98 Å². The van der Waals surface area contributed by atoms with Crippen molar-refractivity contribution < 1.29 is 23.6 Å². The summed E-state index contributed by atoms with van der Waals surface area (Å²) in [6, 6.07) is 1.24. The Kier molecular flexibility index (Phi) is 4.87. The molecule has 0 saturated carbocycles. The van der Waals surface area contributed by atoms with Crippen LogP contribution in [0.25, 0.3) is 11.5 Å². The van der Waals surface area contributed by atoms with Gasteiger partial charge in [0, 0.05) is 11.8 Å². The SMILES string of the molecule is CC(=O)Nc1nc(-c2occc2P(=O)(O)O)c(CC(C)C)s1. The van der Waals surface area contributed by atoms with Crippen molar-refractivity contribution in [1.29, 1.82) is 0 Å². The first-order valence-electron chi connectivity index (χ1n) is 6.59. The molecule has 0 unspecified atom stereocenters. The molecule has 9 heteroatoms. The standard InChI is InChI=1S/C13H17N2O5PS/c1-7(2)6-10-11(15-13(22-10)14-8(3)16)12-9(4-5-20-12)21(17,18)19/h4-5,7H,6H2,1-3H3,(H,14,15,16)(H2,17,18,19). The molecular formula is C13H17N2O5PS. The summed E-state index contributed by atoms with van der Waals surface area (Å²) in [4.78, 5) is 35.1. The molecule has 22 heavy (non-hydrogen) atoms. The summed E-state index contributed by atoms with van der Waals surface area (Å²) in [5, 5.41) is 2.78. The first-order valence-corrected chi connectivity index (χ1v) is 9.02. The number of hydrogen-bond donors (Lipinski definition) is 3. The molecule has 0 saturated heterocycles. The first kappa shape index (κ1) is 16.9. The quantitative estimate of drug-likeness (QED) is 0.718. The average molecular weight is 344 g/mol. The van der Waals surface area contributed by atoms with Crippen molar-refractivity contribution in [3.63, 3.8) is 0 Å². The van der Waals surface area contributed by atoms with E-state index >= 15 is 0 Å². The van der Waals surface area contributed by atoms with Crippen molar-refractivity contribution in [3.8, 4) is 11.5 Å². The highest BCUT2D eigenvalue weighted by molar-refractivity contribution is 7.60. The van der Waals surface area contributed by atoms with E-state index < -0.39 is 7.60 Å². The topological polar surface area (TPSA) is 113 Å². The second kappa shape index (κ2) is 6.34. The first-order chi connectivity index (χ1) is 10.2. The molecular weight excluding hydrogens is 327 g/mol. The van der Waals surface area contributed by atoms with Crippen LogP contribution in [-0.4, -0.2) is 20.7 Å². The van der Waals surface area contributed by atoms with Crippen molar-refractivity contribution >= 4 is 35.3 Å². The number of anilines is 1. The van der Waals surface area contributed by atoms with Crippen LogP contribution in [0.3, 0.4) is 0 Å². The van der Waals surface area contributed by atoms with Crippen molar-refractivity contribution in [3.05, 3.63) is 17.2 Å². The van der Waals surface area contributed by atoms with Crippen LogP contribution < -0.4 is 10.6 Å². The van der Waals surface area contributed by atoms with Crippen LogP contribution in [0.15, 0.2) is 16.7 Å². The van der Waals surface area contributed by atoms with Gasteiger partial charge in [-0.2, -0.15) is 0 Å². The fraction of sp³-hybridized carbons (Fsp3) is 0.385. The second-order valence-corrected chi connectivity index (χ2v) is 7.90. The third-order valence-electron chi connectivity index (χ3n) is 2.75. The van der Waals surface area contributed by atoms with Gasteiger partial charge < -0.3 is 19.5 Å². The van der Waals surface area contributed by atoms with Gasteiger partial charge in [-0.05, 0) is 18.4 Å². The van der Waals surface area contributed by atoms with Crippen molar-refractivity contribution in [2.75, 3.05) is 5.32 Å². The molecule has 0 aliphatic carbocycles. The molecule has 3 N–H and O–H groups in total. The zero-order valence-electron chi connectivity index (χ0n) is 12.4. The van der Waals surface area contributed by atoms with Gasteiger partial charge in [-0.1, -0.05) is 13.8 Å². The van der Waals surface area contributed by atoms with Crippen LogP contribution in [-0.2, 0) is 15.8 Å². The highest BCUT2D eigenvalue weighted by Gasteiger charge is 2.28. The number of carbonyl (C=O) groups is 1. The highest BCUT2D eigenvalue weighted by Crippen LogP contribution is 2.41.